The molecule has 0 aliphatic carbocycles. The Labute approximate surface area is 142 Å². The number of likely N-dealkylation sites (tertiary alicyclic amines) is 1. The summed E-state index contributed by atoms with van der Waals surface area (Å²) in [6.07, 6.45) is 5.27. The summed E-state index contributed by atoms with van der Waals surface area (Å²) < 4.78 is 5.26. The molecule has 2 heterocycles. The lowest BCUT2D eigenvalue weighted by Crippen LogP contribution is -2.50. The van der Waals surface area contributed by atoms with Crippen molar-refractivity contribution in [1.82, 2.24) is 15.2 Å². The normalized spacial score (nSPS) is 20.7. The molecule has 24 heavy (non-hydrogen) atoms. The van der Waals surface area contributed by atoms with Crippen LogP contribution in [0.2, 0.25) is 0 Å². The van der Waals surface area contributed by atoms with Gasteiger partial charge in [0.05, 0.1) is 0 Å². The Balaban J connectivity index is 1.67. The molecule has 0 radical (unpaired) electrons. The summed E-state index contributed by atoms with van der Waals surface area (Å²) in [5.74, 6) is 0.230. The standard InChI is InChI=1S/C17H26N4O3/c1-13-4-6-21(15(7-13)8-18)17(23)12-24-11-16(22)20-10-14-3-2-5-19-9-14/h2-3,5,9,13,15H,4,6-8,10-12,18H2,1H3,(H,20,22). The molecule has 7 nitrogen and oxygen atoms in total. The Bertz CT molecular complexity index is 538. The predicted molar refractivity (Wildman–Crippen MR) is 89.9 cm³/mol. The zero-order valence-corrected chi connectivity index (χ0v) is 14.1. The van der Waals surface area contributed by atoms with E-state index in [0.717, 1.165) is 18.4 Å². The van der Waals surface area contributed by atoms with Gasteiger partial charge in [-0.15, -0.1) is 0 Å². The lowest BCUT2D eigenvalue weighted by Gasteiger charge is -2.37. The second-order valence-corrected chi connectivity index (χ2v) is 6.24. The fourth-order valence-electron chi connectivity index (χ4n) is 2.87. The first-order valence-corrected chi connectivity index (χ1v) is 8.33. The lowest BCUT2D eigenvalue weighted by atomic mass is 9.92. The number of hydrogen-bond donors (Lipinski definition) is 2. The molecule has 2 rings (SSSR count). The van der Waals surface area contributed by atoms with Crippen molar-refractivity contribution < 1.29 is 14.3 Å². The maximum absolute atomic E-state index is 12.2. The van der Waals surface area contributed by atoms with Crippen molar-refractivity contribution >= 4 is 11.8 Å². The number of hydrogen-bond acceptors (Lipinski definition) is 5. The second-order valence-electron chi connectivity index (χ2n) is 6.24. The highest BCUT2D eigenvalue weighted by molar-refractivity contribution is 5.80. The fourth-order valence-corrected chi connectivity index (χ4v) is 2.87. The third-order valence-electron chi connectivity index (χ3n) is 4.24. The van der Waals surface area contributed by atoms with Gasteiger partial charge in [-0.3, -0.25) is 14.6 Å². The van der Waals surface area contributed by atoms with Gasteiger partial charge in [0.15, 0.2) is 0 Å². The number of piperidine rings is 1. The van der Waals surface area contributed by atoms with Gasteiger partial charge in [-0.1, -0.05) is 13.0 Å². The van der Waals surface area contributed by atoms with E-state index in [0.29, 0.717) is 25.6 Å². The van der Waals surface area contributed by atoms with Gasteiger partial charge < -0.3 is 20.7 Å². The van der Waals surface area contributed by atoms with E-state index in [1.54, 1.807) is 17.3 Å². The number of nitrogens with zero attached hydrogens (tertiary/aromatic N) is 2. The summed E-state index contributed by atoms with van der Waals surface area (Å²) in [6, 6.07) is 3.76. The Hall–Kier alpha value is -1.99. The van der Waals surface area contributed by atoms with Gasteiger partial charge >= 0.3 is 0 Å². The van der Waals surface area contributed by atoms with Crippen molar-refractivity contribution in [3.05, 3.63) is 30.1 Å². The number of nitrogens with one attached hydrogen (secondary N) is 1. The molecule has 2 amide bonds. The van der Waals surface area contributed by atoms with Crippen LogP contribution >= 0.6 is 0 Å². The number of ether oxygens (including phenoxy) is 1. The molecule has 7 heteroatoms. The smallest absolute Gasteiger partial charge is 0.248 e. The summed E-state index contributed by atoms with van der Waals surface area (Å²) in [5, 5.41) is 2.73. The number of rotatable bonds is 7. The van der Waals surface area contributed by atoms with Crippen LogP contribution in [0.25, 0.3) is 0 Å². The topological polar surface area (TPSA) is 97.5 Å². The van der Waals surface area contributed by atoms with Crippen molar-refractivity contribution in [2.24, 2.45) is 11.7 Å². The summed E-state index contributed by atoms with van der Waals surface area (Å²) >= 11 is 0. The molecule has 1 saturated heterocycles. The van der Waals surface area contributed by atoms with Crippen LogP contribution in [0, 0.1) is 5.92 Å². The summed E-state index contributed by atoms with van der Waals surface area (Å²) in [4.78, 5) is 29.7. The third kappa shape index (κ3) is 5.58. The number of carbonyl (C=O) groups excluding carboxylic acids is 2. The average molecular weight is 334 g/mol. The first-order chi connectivity index (χ1) is 11.6. The average Bonchev–Trinajstić information content (AvgIpc) is 2.60. The van der Waals surface area contributed by atoms with Gasteiger partial charge in [0.2, 0.25) is 11.8 Å². The van der Waals surface area contributed by atoms with Crippen molar-refractivity contribution in [2.75, 3.05) is 26.3 Å². The zero-order chi connectivity index (χ0) is 17.4. The van der Waals surface area contributed by atoms with Crippen molar-refractivity contribution in [3.8, 4) is 0 Å². The maximum Gasteiger partial charge on any atom is 0.248 e. The number of amides is 2. The number of nitrogens with two attached hydrogens (primary N) is 1. The first kappa shape index (κ1) is 18.4. The highest BCUT2D eigenvalue weighted by Crippen LogP contribution is 2.21. The van der Waals surface area contributed by atoms with E-state index >= 15 is 0 Å². The lowest BCUT2D eigenvalue weighted by molar-refractivity contribution is -0.141. The fraction of sp³-hybridized carbons (Fsp3) is 0.588. The van der Waals surface area contributed by atoms with Gasteiger partial charge in [0.1, 0.15) is 13.2 Å². The van der Waals surface area contributed by atoms with E-state index < -0.39 is 0 Å². The van der Waals surface area contributed by atoms with Crippen LogP contribution in [0.15, 0.2) is 24.5 Å². The molecule has 1 fully saturated rings. The highest BCUT2D eigenvalue weighted by Gasteiger charge is 2.28. The highest BCUT2D eigenvalue weighted by atomic mass is 16.5. The molecule has 3 N–H and O–H groups in total. The van der Waals surface area contributed by atoms with E-state index in [2.05, 4.69) is 17.2 Å². The Kier molecular flexibility index (Phi) is 7.14. The van der Waals surface area contributed by atoms with E-state index in [4.69, 9.17) is 10.5 Å². The molecular weight excluding hydrogens is 308 g/mol. The van der Waals surface area contributed by atoms with Crippen molar-refractivity contribution in [1.29, 1.82) is 0 Å². The monoisotopic (exact) mass is 334 g/mol. The van der Waals surface area contributed by atoms with Crippen LogP contribution in [0.5, 0.6) is 0 Å². The van der Waals surface area contributed by atoms with Gasteiger partial charge in [-0.2, -0.15) is 0 Å². The van der Waals surface area contributed by atoms with Gasteiger partial charge in [-0.05, 0) is 30.4 Å². The molecule has 1 aromatic rings. The Morgan fingerprint density at radius 3 is 3.00 bits per heavy atom. The van der Waals surface area contributed by atoms with Crippen LogP contribution < -0.4 is 11.1 Å². The predicted octanol–water partition coefficient (Wildman–Crippen LogP) is 0.300. The van der Waals surface area contributed by atoms with Crippen molar-refractivity contribution in [2.45, 2.75) is 32.4 Å². The van der Waals surface area contributed by atoms with E-state index in [9.17, 15) is 9.59 Å². The van der Waals surface area contributed by atoms with Crippen LogP contribution in [0.4, 0.5) is 0 Å². The van der Waals surface area contributed by atoms with Gasteiger partial charge in [0, 0.05) is 38.1 Å². The molecule has 0 spiro atoms. The van der Waals surface area contributed by atoms with E-state index in [1.165, 1.54) is 0 Å². The van der Waals surface area contributed by atoms with Gasteiger partial charge in [0.25, 0.3) is 0 Å². The molecule has 1 aliphatic rings. The summed E-state index contributed by atoms with van der Waals surface area (Å²) in [7, 11) is 0. The number of carbonyl (C=O) groups is 2. The largest absolute Gasteiger partial charge is 0.362 e. The Morgan fingerprint density at radius 1 is 1.46 bits per heavy atom. The molecule has 0 saturated carbocycles. The molecule has 0 bridgehead atoms. The molecule has 2 atom stereocenters. The van der Waals surface area contributed by atoms with Crippen LogP contribution in [0.1, 0.15) is 25.3 Å². The van der Waals surface area contributed by atoms with E-state index in [1.807, 2.05) is 12.1 Å². The quantitative estimate of drug-likeness (QED) is 0.747. The molecule has 132 valence electrons. The zero-order valence-electron chi connectivity index (χ0n) is 14.1. The van der Waals surface area contributed by atoms with Crippen molar-refractivity contribution in [3.63, 3.8) is 0 Å². The minimum atomic E-state index is -0.255. The molecule has 2 unspecified atom stereocenters. The first-order valence-electron chi connectivity index (χ1n) is 8.33. The molecule has 0 aromatic carbocycles. The SMILES string of the molecule is CC1CCN(C(=O)COCC(=O)NCc2cccnc2)C(CN)C1. The van der Waals surface area contributed by atoms with Crippen LogP contribution in [-0.2, 0) is 20.9 Å². The van der Waals surface area contributed by atoms with Crippen LogP contribution in [0.3, 0.4) is 0 Å². The van der Waals surface area contributed by atoms with Crippen LogP contribution in [-0.4, -0.2) is 54.0 Å². The molecule has 1 aromatic heterocycles. The summed E-state index contributed by atoms with van der Waals surface area (Å²) in [6.45, 7) is 3.51. The number of pyridine rings is 1. The second kappa shape index (κ2) is 9.34. The van der Waals surface area contributed by atoms with Gasteiger partial charge in [-0.25, -0.2) is 0 Å². The number of aromatic nitrogens is 1. The van der Waals surface area contributed by atoms with E-state index in [-0.39, 0.29) is 31.1 Å². The summed E-state index contributed by atoms with van der Waals surface area (Å²) in [5.41, 5.74) is 6.67. The third-order valence-corrected chi connectivity index (χ3v) is 4.24. The Morgan fingerprint density at radius 2 is 2.29 bits per heavy atom. The minimum Gasteiger partial charge on any atom is -0.362 e. The molecular formula is C17H26N4O3. The maximum atomic E-state index is 12.2. The minimum absolute atomic E-state index is 0.0734. The molecule has 1 aliphatic heterocycles.